The highest BCUT2D eigenvalue weighted by atomic mass is 32.1. The molecule has 0 amide bonds. The van der Waals surface area contributed by atoms with Crippen LogP contribution in [0.2, 0.25) is 0 Å². The van der Waals surface area contributed by atoms with Gasteiger partial charge in [-0.25, -0.2) is 0 Å². The van der Waals surface area contributed by atoms with Crippen LogP contribution in [0.15, 0.2) is 66.7 Å². The molecule has 0 spiro atoms. The molecule has 4 aromatic carbocycles. The van der Waals surface area contributed by atoms with Gasteiger partial charge in [0.25, 0.3) is 0 Å². The normalized spacial score (nSPS) is 13.3. The van der Waals surface area contributed by atoms with E-state index in [9.17, 15) is 5.11 Å². The minimum atomic E-state index is -0.986. The summed E-state index contributed by atoms with van der Waals surface area (Å²) in [6, 6.07) is 24.0. The van der Waals surface area contributed by atoms with Gasteiger partial charge in [-0.1, -0.05) is 54.6 Å². The van der Waals surface area contributed by atoms with Crippen molar-refractivity contribution in [1.82, 2.24) is 0 Å². The molecule has 5 aromatic rings. The van der Waals surface area contributed by atoms with Crippen LogP contribution in [0.5, 0.6) is 0 Å². The van der Waals surface area contributed by atoms with Crippen molar-refractivity contribution in [3.05, 3.63) is 66.7 Å². The van der Waals surface area contributed by atoms with E-state index in [-0.39, 0.29) is 0 Å². The standard InChI is InChI=1S/C28H24BO2S/c1-27(2,30)28(3,4)31-29-26-24-19-13-8-10-16-9-7-12-17(23(16)19)20(24)15-22-25(26)18-11-5-6-14-21(18)32-22/h5-15,30H,1-4H3. The third kappa shape index (κ3) is 2.73. The predicted octanol–water partition coefficient (Wildman–Crippen LogP) is 6.67. The molecule has 1 N–H and O–H groups in total. The minimum Gasteiger partial charge on any atom is -0.427 e. The number of hydrogen-bond donors (Lipinski definition) is 1. The smallest absolute Gasteiger partial charge is 0.332 e. The largest absolute Gasteiger partial charge is 0.427 e. The molecule has 0 bridgehead atoms. The highest BCUT2D eigenvalue weighted by Gasteiger charge is 2.37. The highest BCUT2D eigenvalue weighted by Crippen LogP contribution is 2.49. The van der Waals surface area contributed by atoms with E-state index in [1.807, 2.05) is 32.7 Å². The molecule has 157 valence electrons. The van der Waals surface area contributed by atoms with Gasteiger partial charge in [0, 0.05) is 9.40 Å². The Morgan fingerprint density at radius 1 is 0.781 bits per heavy atom. The van der Waals surface area contributed by atoms with E-state index in [0.29, 0.717) is 0 Å². The Labute approximate surface area is 192 Å². The molecule has 0 saturated carbocycles. The molecule has 0 fully saturated rings. The van der Waals surface area contributed by atoms with E-state index in [2.05, 4.69) is 66.7 Å². The lowest BCUT2D eigenvalue weighted by Crippen LogP contribution is -2.49. The molecule has 0 aliphatic heterocycles. The molecule has 0 unspecified atom stereocenters. The maximum atomic E-state index is 10.7. The molecule has 4 heteroatoms. The minimum absolute atomic E-state index is 0.745. The van der Waals surface area contributed by atoms with Gasteiger partial charge in [0.05, 0.1) is 11.2 Å². The molecular formula is C28H24BO2S. The van der Waals surface area contributed by atoms with Crippen LogP contribution in [0, 0.1) is 0 Å². The number of hydrogen-bond acceptors (Lipinski definition) is 3. The predicted molar refractivity (Wildman–Crippen MR) is 138 cm³/mol. The van der Waals surface area contributed by atoms with Gasteiger partial charge in [0.2, 0.25) is 0 Å². The van der Waals surface area contributed by atoms with Crippen LogP contribution >= 0.6 is 11.3 Å². The lowest BCUT2D eigenvalue weighted by atomic mass is 9.76. The fourth-order valence-corrected chi connectivity index (χ4v) is 5.82. The van der Waals surface area contributed by atoms with E-state index in [0.717, 1.165) is 5.46 Å². The molecule has 1 aliphatic rings. The first-order valence-corrected chi connectivity index (χ1v) is 11.8. The van der Waals surface area contributed by atoms with Gasteiger partial charge >= 0.3 is 7.48 Å². The van der Waals surface area contributed by atoms with Gasteiger partial charge in [-0.05, 0) is 89.1 Å². The maximum absolute atomic E-state index is 10.7. The van der Waals surface area contributed by atoms with Crippen molar-refractivity contribution in [3.63, 3.8) is 0 Å². The SMILES string of the molecule is CC(C)(O)C(C)(C)O[B]c1c2c(cc3sc4ccccc4c13)-c1cccc3cccc-2c13. The topological polar surface area (TPSA) is 29.5 Å². The molecule has 2 nitrogen and oxygen atoms in total. The van der Waals surface area contributed by atoms with Crippen LogP contribution < -0.4 is 5.46 Å². The fraction of sp³-hybridized carbons (Fsp3) is 0.214. The number of rotatable bonds is 4. The second kappa shape index (κ2) is 6.68. The Morgan fingerprint density at radius 3 is 2.25 bits per heavy atom. The number of aliphatic hydroxyl groups is 1. The van der Waals surface area contributed by atoms with Crippen molar-refractivity contribution >= 4 is 55.2 Å². The average molecular weight is 435 g/mol. The summed E-state index contributed by atoms with van der Waals surface area (Å²) in [7, 11) is 1.89. The van der Waals surface area contributed by atoms with Crippen LogP contribution in [-0.2, 0) is 4.65 Å². The summed E-state index contributed by atoms with van der Waals surface area (Å²) in [6.07, 6.45) is 0. The maximum Gasteiger partial charge on any atom is 0.332 e. The van der Waals surface area contributed by atoms with Gasteiger partial charge in [0.15, 0.2) is 0 Å². The van der Waals surface area contributed by atoms with Gasteiger partial charge in [-0.3, -0.25) is 0 Å². The van der Waals surface area contributed by atoms with E-state index in [4.69, 9.17) is 4.65 Å². The molecule has 0 saturated heterocycles. The van der Waals surface area contributed by atoms with E-state index >= 15 is 0 Å². The van der Waals surface area contributed by atoms with Crippen LogP contribution in [0.3, 0.4) is 0 Å². The van der Waals surface area contributed by atoms with Crippen LogP contribution in [-0.4, -0.2) is 23.8 Å². The van der Waals surface area contributed by atoms with E-state index in [1.165, 1.54) is 53.2 Å². The van der Waals surface area contributed by atoms with Crippen LogP contribution in [0.4, 0.5) is 0 Å². The van der Waals surface area contributed by atoms with Crippen molar-refractivity contribution in [3.8, 4) is 22.3 Å². The summed E-state index contributed by atoms with van der Waals surface area (Å²) in [4.78, 5) is 0. The zero-order valence-electron chi connectivity index (χ0n) is 18.7. The highest BCUT2D eigenvalue weighted by molar-refractivity contribution is 7.26. The second-order valence-electron chi connectivity index (χ2n) is 9.70. The summed E-state index contributed by atoms with van der Waals surface area (Å²) in [5.74, 6) is 0. The molecule has 1 aliphatic carbocycles. The molecule has 1 heterocycles. The molecule has 1 radical (unpaired) electrons. The summed E-state index contributed by atoms with van der Waals surface area (Å²) < 4.78 is 8.88. The Hall–Kier alpha value is -2.66. The molecule has 1 aromatic heterocycles. The second-order valence-corrected chi connectivity index (χ2v) is 10.8. The van der Waals surface area contributed by atoms with E-state index < -0.39 is 11.2 Å². The summed E-state index contributed by atoms with van der Waals surface area (Å²) in [5, 5.41) is 15.7. The zero-order valence-corrected chi connectivity index (χ0v) is 19.5. The quantitative estimate of drug-likeness (QED) is 0.314. The van der Waals surface area contributed by atoms with Crippen molar-refractivity contribution in [1.29, 1.82) is 0 Å². The number of benzene rings is 4. The van der Waals surface area contributed by atoms with Crippen LogP contribution in [0.1, 0.15) is 27.7 Å². The van der Waals surface area contributed by atoms with Gasteiger partial charge in [0.1, 0.15) is 0 Å². The third-order valence-electron chi connectivity index (χ3n) is 7.12. The lowest BCUT2D eigenvalue weighted by Gasteiger charge is -2.37. The first-order chi connectivity index (χ1) is 15.3. The lowest BCUT2D eigenvalue weighted by molar-refractivity contribution is -0.0892. The van der Waals surface area contributed by atoms with Gasteiger partial charge in [-0.15, -0.1) is 11.3 Å². The van der Waals surface area contributed by atoms with Gasteiger partial charge < -0.3 is 9.76 Å². The summed E-state index contributed by atoms with van der Waals surface area (Å²) >= 11 is 1.82. The number of fused-ring (bicyclic) bond motifs is 6. The number of thiophene rings is 1. The van der Waals surface area contributed by atoms with Crippen molar-refractivity contribution in [2.45, 2.75) is 38.9 Å². The molecule has 6 rings (SSSR count). The van der Waals surface area contributed by atoms with Crippen molar-refractivity contribution < 1.29 is 9.76 Å². The summed E-state index contributed by atoms with van der Waals surface area (Å²) in [5.41, 5.74) is 4.37. The first-order valence-electron chi connectivity index (χ1n) is 11.0. The molecule has 0 atom stereocenters. The molecular weight excluding hydrogens is 411 g/mol. The Balaban J connectivity index is 1.68. The Kier molecular flexibility index (Phi) is 4.17. The van der Waals surface area contributed by atoms with Crippen molar-refractivity contribution in [2.24, 2.45) is 0 Å². The Bertz CT molecular complexity index is 1530. The monoisotopic (exact) mass is 435 g/mol. The van der Waals surface area contributed by atoms with Crippen LogP contribution in [0.25, 0.3) is 53.2 Å². The van der Waals surface area contributed by atoms with E-state index in [1.54, 1.807) is 13.8 Å². The Morgan fingerprint density at radius 2 is 1.50 bits per heavy atom. The molecule has 32 heavy (non-hydrogen) atoms. The fourth-order valence-electron chi connectivity index (χ4n) is 4.66. The zero-order chi connectivity index (χ0) is 22.3. The average Bonchev–Trinajstić information content (AvgIpc) is 3.28. The third-order valence-corrected chi connectivity index (χ3v) is 8.23. The van der Waals surface area contributed by atoms with Crippen molar-refractivity contribution in [2.75, 3.05) is 0 Å². The first kappa shape index (κ1) is 20.0. The van der Waals surface area contributed by atoms with Gasteiger partial charge in [-0.2, -0.15) is 0 Å². The summed E-state index contributed by atoms with van der Waals surface area (Å²) in [6.45, 7) is 7.46.